The Kier molecular flexibility index (Phi) is 5.55. The third-order valence-corrected chi connectivity index (χ3v) is 4.67. The van der Waals surface area contributed by atoms with Crippen molar-refractivity contribution in [3.05, 3.63) is 35.6 Å². The Morgan fingerprint density at radius 2 is 2.00 bits per heavy atom. The number of rotatable bonds is 7. The molecule has 0 aliphatic heterocycles. The predicted molar refractivity (Wildman–Crippen MR) is 80.2 cm³/mol. The lowest BCUT2D eigenvalue weighted by atomic mass is 9.75. The Morgan fingerprint density at radius 3 is 2.60 bits per heavy atom. The van der Waals surface area contributed by atoms with E-state index in [0.29, 0.717) is 24.4 Å². The lowest BCUT2D eigenvalue weighted by Gasteiger charge is -2.37. The molecule has 0 amide bonds. The third-order valence-electron chi connectivity index (χ3n) is 4.67. The molecule has 0 saturated heterocycles. The average Bonchev–Trinajstić information content (AvgIpc) is 2.38. The third kappa shape index (κ3) is 3.80. The van der Waals surface area contributed by atoms with Crippen molar-refractivity contribution in [2.24, 2.45) is 5.92 Å². The van der Waals surface area contributed by atoms with Crippen LogP contribution in [0.5, 0.6) is 0 Å². The zero-order valence-electron chi connectivity index (χ0n) is 12.5. The summed E-state index contributed by atoms with van der Waals surface area (Å²) in [4.78, 5) is 0. The minimum absolute atomic E-state index is 0.150. The van der Waals surface area contributed by atoms with E-state index in [1.54, 1.807) is 12.1 Å². The number of aliphatic hydroxyl groups is 1. The highest BCUT2D eigenvalue weighted by Crippen LogP contribution is 2.37. The van der Waals surface area contributed by atoms with Gasteiger partial charge in [-0.2, -0.15) is 0 Å². The lowest BCUT2D eigenvalue weighted by Crippen LogP contribution is -2.44. The zero-order chi connectivity index (χ0) is 14.5. The quantitative estimate of drug-likeness (QED) is 0.801. The SMILES string of the molecule is CCC(CC)C(O)CNC1CC(c2cccc(F)c2)C1. The molecule has 0 aromatic heterocycles. The standard InChI is InChI=1S/C17H26FNO/c1-3-12(4-2)17(20)11-19-16-9-14(10-16)13-6-5-7-15(18)8-13/h5-8,12,14,16-17,19-20H,3-4,9-11H2,1-2H3. The summed E-state index contributed by atoms with van der Waals surface area (Å²) in [6.07, 6.45) is 3.88. The number of halogens is 1. The molecule has 2 nitrogen and oxygen atoms in total. The minimum Gasteiger partial charge on any atom is -0.392 e. The summed E-state index contributed by atoms with van der Waals surface area (Å²) >= 11 is 0. The molecule has 1 fully saturated rings. The van der Waals surface area contributed by atoms with E-state index in [9.17, 15) is 9.50 Å². The van der Waals surface area contributed by atoms with E-state index in [0.717, 1.165) is 31.2 Å². The van der Waals surface area contributed by atoms with Crippen LogP contribution in [-0.4, -0.2) is 23.8 Å². The molecule has 112 valence electrons. The van der Waals surface area contributed by atoms with Crippen molar-refractivity contribution in [2.45, 2.75) is 57.6 Å². The highest BCUT2D eigenvalue weighted by molar-refractivity contribution is 5.23. The van der Waals surface area contributed by atoms with E-state index in [4.69, 9.17) is 0 Å². The molecule has 1 aliphatic carbocycles. The van der Waals surface area contributed by atoms with Crippen molar-refractivity contribution in [2.75, 3.05) is 6.54 Å². The molecule has 0 heterocycles. The first kappa shape index (κ1) is 15.5. The molecule has 1 unspecified atom stereocenters. The number of hydrogen-bond acceptors (Lipinski definition) is 2. The van der Waals surface area contributed by atoms with Crippen molar-refractivity contribution in [1.82, 2.24) is 5.32 Å². The normalized spacial score (nSPS) is 23.6. The van der Waals surface area contributed by atoms with Crippen LogP contribution in [0.2, 0.25) is 0 Å². The maximum atomic E-state index is 13.2. The molecule has 2 rings (SSSR count). The van der Waals surface area contributed by atoms with E-state index < -0.39 is 0 Å². The first-order valence-electron chi connectivity index (χ1n) is 7.80. The molecule has 3 heteroatoms. The molecule has 2 N–H and O–H groups in total. The highest BCUT2D eigenvalue weighted by Gasteiger charge is 2.30. The number of nitrogens with one attached hydrogen (secondary N) is 1. The van der Waals surface area contributed by atoms with Gasteiger partial charge in [-0.25, -0.2) is 4.39 Å². The molecule has 0 radical (unpaired) electrons. The first-order valence-corrected chi connectivity index (χ1v) is 7.80. The van der Waals surface area contributed by atoms with Crippen LogP contribution >= 0.6 is 0 Å². The van der Waals surface area contributed by atoms with Crippen LogP contribution in [0.4, 0.5) is 4.39 Å². The van der Waals surface area contributed by atoms with Gasteiger partial charge in [-0.3, -0.25) is 0 Å². The fourth-order valence-electron chi connectivity index (χ4n) is 3.10. The van der Waals surface area contributed by atoms with E-state index in [1.807, 2.05) is 6.07 Å². The molecule has 1 atom stereocenters. The van der Waals surface area contributed by atoms with Gasteiger partial charge in [0.25, 0.3) is 0 Å². The minimum atomic E-state index is -0.252. The zero-order valence-corrected chi connectivity index (χ0v) is 12.5. The topological polar surface area (TPSA) is 32.3 Å². The van der Waals surface area contributed by atoms with E-state index in [2.05, 4.69) is 19.2 Å². The van der Waals surface area contributed by atoms with Crippen molar-refractivity contribution in [3.63, 3.8) is 0 Å². The summed E-state index contributed by atoms with van der Waals surface area (Å²) in [5.74, 6) is 0.707. The van der Waals surface area contributed by atoms with Gasteiger partial charge < -0.3 is 10.4 Å². The molecule has 1 aromatic carbocycles. The largest absolute Gasteiger partial charge is 0.392 e. The second-order valence-corrected chi connectivity index (χ2v) is 5.97. The maximum absolute atomic E-state index is 13.2. The summed E-state index contributed by atoms with van der Waals surface area (Å²) < 4.78 is 13.2. The van der Waals surface area contributed by atoms with Crippen LogP contribution in [-0.2, 0) is 0 Å². The van der Waals surface area contributed by atoms with Crippen LogP contribution in [0.15, 0.2) is 24.3 Å². The van der Waals surface area contributed by atoms with Gasteiger partial charge in [0, 0.05) is 12.6 Å². The van der Waals surface area contributed by atoms with E-state index in [1.165, 1.54) is 6.07 Å². The van der Waals surface area contributed by atoms with Gasteiger partial charge in [0.15, 0.2) is 0 Å². The Morgan fingerprint density at radius 1 is 1.30 bits per heavy atom. The van der Waals surface area contributed by atoms with Crippen LogP contribution in [0.3, 0.4) is 0 Å². The summed E-state index contributed by atoms with van der Waals surface area (Å²) in [5, 5.41) is 13.5. The fourth-order valence-corrected chi connectivity index (χ4v) is 3.10. The van der Waals surface area contributed by atoms with Crippen molar-refractivity contribution in [1.29, 1.82) is 0 Å². The van der Waals surface area contributed by atoms with Crippen molar-refractivity contribution in [3.8, 4) is 0 Å². The van der Waals surface area contributed by atoms with Gasteiger partial charge in [-0.05, 0) is 42.4 Å². The summed E-state index contributed by atoms with van der Waals surface area (Å²) in [5.41, 5.74) is 1.10. The van der Waals surface area contributed by atoms with Gasteiger partial charge in [-0.1, -0.05) is 38.8 Å². The second-order valence-electron chi connectivity index (χ2n) is 5.97. The molecule has 1 saturated carbocycles. The monoisotopic (exact) mass is 279 g/mol. The lowest BCUT2D eigenvalue weighted by molar-refractivity contribution is 0.0925. The second kappa shape index (κ2) is 7.19. The van der Waals surface area contributed by atoms with Gasteiger partial charge in [-0.15, -0.1) is 0 Å². The molecule has 0 bridgehead atoms. The number of aliphatic hydroxyl groups excluding tert-OH is 1. The molecular weight excluding hydrogens is 253 g/mol. The van der Waals surface area contributed by atoms with Crippen molar-refractivity contribution >= 4 is 0 Å². The van der Waals surface area contributed by atoms with Gasteiger partial charge in [0.1, 0.15) is 5.82 Å². The first-order chi connectivity index (χ1) is 9.63. The molecule has 1 aliphatic rings. The number of benzene rings is 1. The average molecular weight is 279 g/mol. The number of hydrogen-bond donors (Lipinski definition) is 2. The molecule has 0 spiro atoms. The van der Waals surface area contributed by atoms with Gasteiger partial charge in [0.05, 0.1) is 6.10 Å². The van der Waals surface area contributed by atoms with Gasteiger partial charge in [0.2, 0.25) is 0 Å². The van der Waals surface area contributed by atoms with Crippen LogP contribution in [0, 0.1) is 11.7 Å². The molecule has 20 heavy (non-hydrogen) atoms. The summed E-state index contributed by atoms with van der Waals surface area (Å²) in [6, 6.07) is 7.38. The summed E-state index contributed by atoms with van der Waals surface area (Å²) in [7, 11) is 0. The highest BCUT2D eigenvalue weighted by atomic mass is 19.1. The molecular formula is C17H26FNO. The summed E-state index contributed by atoms with van der Waals surface area (Å²) in [6.45, 7) is 4.92. The Labute approximate surface area is 121 Å². The predicted octanol–water partition coefficient (Wildman–Crippen LogP) is 3.46. The Balaban J connectivity index is 1.72. The van der Waals surface area contributed by atoms with Crippen molar-refractivity contribution < 1.29 is 9.50 Å². The Hall–Kier alpha value is -0.930. The maximum Gasteiger partial charge on any atom is 0.123 e. The van der Waals surface area contributed by atoms with E-state index in [-0.39, 0.29) is 11.9 Å². The van der Waals surface area contributed by atoms with Gasteiger partial charge >= 0.3 is 0 Å². The van der Waals surface area contributed by atoms with Crippen LogP contribution in [0.25, 0.3) is 0 Å². The van der Waals surface area contributed by atoms with E-state index >= 15 is 0 Å². The fraction of sp³-hybridized carbons (Fsp3) is 0.647. The Bertz CT molecular complexity index is 413. The van der Waals surface area contributed by atoms with Crippen LogP contribution < -0.4 is 5.32 Å². The smallest absolute Gasteiger partial charge is 0.123 e. The molecule has 1 aromatic rings. The van der Waals surface area contributed by atoms with Crippen LogP contribution in [0.1, 0.15) is 51.0 Å².